The summed E-state index contributed by atoms with van der Waals surface area (Å²) in [6.45, 7) is 1.83. The van der Waals surface area contributed by atoms with Gasteiger partial charge < -0.3 is 14.1 Å². The Labute approximate surface area is 164 Å². The smallest absolute Gasteiger partial charge is 0.347 e. The van der Waals surface area contributed by atoms with Crippen LogP contribution < -0.4 is 0 Å². The van der Waals surface area contributed by atoms with Crippen molar-refractivity contribution in [3.05, 3.63) is 90.5 Å². The molecule has 0 N–H and O–H groups in total. The van der Waals surface area contributed by atoms with E-state index in [1.807, 2.05) is 59.3 Å². The van der Waals surface area contributed by atoms with E-state index in [0.717, 1.165) is 11.1 Å². The standard InChI is InChI=1S/C22H23N3O3/c1-2-27-21(26)16-28-24-22(19-11-7-4-8-12-19)20(25-14-13-23-17-25)15-18-9-5-3-6-10-18/h3-14,17,20H,2,15-16H2,1H3/b24-22+. The lowest BCUT2D eigenvalue weighted by Gasteiger charge is -2.21. The van der Waals surface area contributed by atoms with Crippen LogP contribution in [0, 0.1) is 0 Å². The van der Waals surface area contributed by atoms with Gasteiger partial charge in [-0.15, -0.1) is 0 Å². The quantitative estimate of drug-likeness (QED) is 0.324. The first-order valence-electron chi connectivity index (χ1n) is 9.20. The van der Waals surface area contributed by atoms with Crippen molar-refractivity contribution in [1.29, 1.82) is 0 Å². The van der Waals surface area contributed by atoms with Crippen molar-refractivity contribution in [3.8, 4) is 0 Å². The van der Waals surface area contributed by atoms with Crippen LogP contribution in [0.3, 0.4) is 0 Å². The van der Waals surface area contributed by atoms with Crippen LogP contribution in [0.4, 0.5) is 0 Å². The molecule has 3 rings (SSSR count). The SMILES string of the molecule is CCOC(=O)CO/N=C(\c1ccccc1)C(Cc1ccccc1)n1ccnc1. The maximum absolute atomic E-state index is 11.6. The van der Waals surface area contributed by atoms with Gasteiger partial charge in [0, 0.05) is 18.0 Å². The molecule has 0 bridgehead atoms. The Morgan fingerprint density at radius 3 is 2.46 bits per heavy atom. The van der Waals surface area contributed by atoms with Gasteiger partial charge in [0.15, 0.2) is 0 Å². The summed E-state index contributed by atoms with van der Waals surface area (Å²) in [5.41, 5.74) is 2.79. The lowest BCUT2D eigenvalue weighted by Crippen LogP contribution is -2.23. The molecule has 0 aliphatic rings. The zero-order chi connectivity index (χ0) is 19.6. The number of rotatable bonds is 9. The topological polar surface area (TPSA) is 65.7 Å². The van der Waals surface area contributed by atoms with Gasteiger partial charge in [0.25, 0.3) is 0 Å². The van der Waals surface area contributed by atoms with E-state index >= 15 is 0 Å². The fourth-order valence-corrected chi connectivity index (χ4v) is 2.91. The largest absolute Gasteiger partial charge is 0.463 e. The van der Waals surface area contributed by atoms with Crippen molar-refractivity contribution in [2.75, 3.05) is 13.2 Å². The summed E-state index contributed by atoms with van der Waals surface area (Å²) in [7, 11) is 0. The molecule has 0 spiro atoms. The molecule has 1 unspecified atom stereocenters. The number of hydrogen-bond donors (Lipinski definition) is 0. The van der Waals surface area contributed by atoms with E-state index in [1.165, 1.54) is 0 Å². The molecule has 0 radical (unpaired) electrons. The lowest BCUT2D eigenvalue weighted by atomic mass is 9.96. The third-order valence-electron chi connectivity index (χ3n) is 4.19. The number of benzene rings is 2. The van der Waals surface area contributed by atoms with Crippen LogP contribution in [-0.4, -0.2) is 34.4 Å². The van der Waals surface area contributed by atoms with Gasteiger partial charge >= 0.3 is 5.97 Å². The van der Waals surface area contributed by atoms with Crippen molar-refractivity contribution in [2.45, 2.75) is 19.4 Å². The third-order valence-corrected chi connectivity index (χ3v) is 4.19. The molecule has 0 aliphatic carbocycles. The van der Waals surface area contributed by atoms with Gasteiger partial charge in [-0.3, -0.25) is 0 Å². The van der Waals surface area contributed by atoms with E-state index in [1.54, 1.807) is 19.4 Å². The number of hydrogen-bond acceptors (Lipinski definition) is 5. The molecule has 0 saturated heterocycles. The molecule has 144 valence electrons. The molecule has 6 nitrogen and oxygen atoms in total. The van der Waals surface area contributed by atoms with Crippen LogP contribution in [0.1, 0.15) is 24.1 Å². The first kappa shape index (κ1) is 19.4. The second-order valence-corrected chi connectivity index (χ2v) is 6.14. The Morgan fingerprint density at radius 1 is 1.11 bits per heavy atom. The zero-order valence-electron chi connectivity index (χ0n) is 15.8. The highest BCUT2D eigenvalue weighted by Crippen LogP contribution is 2.21. The monoisotopic (exact) mass is 377 g/mol. The number of oxime groups is 1. The number of carbonyl (C=O) groups is 1. The van der Waals surface area contributed by atoms with E-state index < -0.39 is 5.97 Å². The molecule has 0 saturated carbocycles. The molecule has 1 atom stereocenters. The van der Waals surface area contributed by atoms with E-state index in [4.69, 9.17) is 9.57 Å². The minimum absolute atomic E-state index is 0.144. The van der Waals surface area contributed by atoms with Crippen LogP contribution in [0.15, 0.2) is 84.5 Å². The molecule has 6 heteroatoms. The summed E-state index contributed by atoms with van der Waals surface area (Å²) in [5, 5.41) is 4.34. The Morgan fingerprint density at radius 2 is 1.82 bits per heavy atom. The molecule has 0 aliphatic heterocycles. The molecule has 1 heterocycles. The normalized spacial score (nSPS) is 12.4. The van der Waals surface area contributed by atoms with Gasteiger partial charge in [0.2, 0.25) is 6.61 Å². The van der Waals surface area contributed by atoms with Crippen molar-refractivity contribution >= 4 is 11.7 Å². The van der Waals surface area contributed by atoms with Crippen molar-refractivity contribution in [1.82, 2.24) is 9.55 Å². The van der Waals surface area contributed by atoms with Gasteiger partial charge in [0.05, 0.1) is 19.0 Å². The van der Waals surface area contributed by atoms with Crippen LogP contribution in [0.5, 0.6) is 0 Å². The Balaban J connectivity index is 1.93. The number of nitrogens with zero attached hydrogens (tertiary/aromatic N) is 3. The average molecular weight is 377 g/mol. The Hall–Kier alpha value is -3.41. The van der Waals surface area contributed by atoms with E-state index in [-0.39, 0.29) is 12.6 Å². The predicted octanol–water partition coefficient (Wildman–Crippen LogP) is 3.65. The number of imidazole rings is 1. The van der Waals surface area contributed by atoms with Gasteiger partial charge in [0.1, 0.15) is 5.71 Å². The van der Waals surface area contributed by atoms with Crippen molar-refractivity contribution in [2.24, 2.45) is 5.16 Å². The van der Waals surface area contributed by atoms with Crippen molar-refractivity contribution in [3.63, 3.8) is 0 Å². The lowest BCUT2D eigenvalue weighted by molar-refractivity contribution is -0.148. The van der Waals surface area contributed by atoms with E-state index in [2.05, 4.69) is 22.3 Å². The number of carbonyl (C=O) groups excluding carboxylic acids is 1. The van der Waals surface area contributed by atoms with Crippen LogP contribution in [-0.2, 0) is 20.8 Å². The molecule has 2 aromatic carbocycles. The Bertz CT molecular complexity index is 878. The summed E-state index contributed by atoms with van der Waals surface area (Å²) in [6, 6.07) is 19.8. The summed E-state index contributed by atoms with van der Waals surface area (Å²) in [5.74, 6) is -0.444. The second-order valence-electron chi connectivity index (χ2n) is 6.14. The highest BCUT2D eigenvalue weighted by Gasteiger charge is 2.21. The number of esters is 1. The number of aromatic nitrogens is 2. The molecule has 0 amide bonds. The molecular formula is C22H23N3O3. The van der Waals surface area contributed by atoms with Crippen LogP contribution in [0.2, 0.25) is 0 Å². The minimum atomic E-state index is -0.444. The van der Waals surface area contributed by atoms with Crippen LogP contribution >= 0.6 is 0 Å². The third kappa shape index (κ3) is 5.30. The zero-order valence-corrected chi connectivity index (χ0v) is 15.8. The summed E-state index contributed by atoms with van der Waals surface area (Å²) in [4.78, 5) is 21.2. The van der Waals surface area contributed by atoms with Gasteiger partial charge in [-0.2, -0.15) is 0 Å². The molecular weight excluding hydrogens is 354 g/mol. The first-order chi connectivity index (χ1) is 13.8. The summed E-state index contributed by atoms with van der Waals surface area (Å²) < 4.78 is 6.90. The second kappa shape index (κ2) is 10.1. The predicted molar refractivity (Wildman–Crippen MR) is 107 cm³/mol. The highest BCUT2D eigenvalue weighted by atomic mass is 16.7. The number of ether oxygens (including phenoxy) is 1. The highest BCUT2D eigenvalue weighted by molar-refractivity contribution is 6.03. The summed E-state index contributed by atoms with van der Waals surface area (Å²) >= 11 is 0. The Kier molecular flexibility index (Phi) is 6.95. The van der Waals surface area contributed by atoms with Crippen LogP contribution in [0.25, 0.3) is 0 Å². The van der Waals surface area contributed by atoms with Gasteiger partial charge in [-0.1, -0.05) is 65.8 Å². The fraction of sp³-hybridized carbons (Fsp3) is 0.227. The average Bonchev–Trinajstić information content (AvgIpc) is 3.26. The molecule has 0 fully saturated rings. The van der Waals surface area contributed by atoms with Gasteiger partial charge in [-0.25, -0.2) is 9.78 Å². The first-order valence-corrected chi connectivity index (χ1v) is 9.20. The maximum Gasteiger partial charge on any atom is 0.347 e. The molecule has 1 aromatic heterocycles. The fourth-order valence-electron chi connectivity index (χ4n) is 2.91. The van der Waals surface area contributed by atoms with E-state index in [0.29, 0.717) is 18.7 Å². The maximum atomic E-state index is 11.6. The minimum Gasteiger partial charge on any atom is -0.463 e. The van der Waals surface area contributed by atoms with Crippen molar-refractivity contribution < 1.29 is 14.4 Å². The molecule has 28 heavy (non-hydrogen) atoms. The summed E-state index contributed by atoms with van der Waals surface area (Å²) in [6.07, 6.45) is 6.10. The molecule has 3 aromatic rings. The van der Waals surface area contributed by atoms with E-state index in [9.17, 15) is 4.79 Å². The van der Waals surface area contributed by atoms with Gasteiger partial charge in [-0.05, 0) is 18.9 Å².